The SMILES string of the molecule is O=C(COc1ccc(Cl)cc1)NC1CCN(CC(F)COc2ccc(Cl)cc2)CC1.O=C(COc1ccc(Cl)cc1)NC1CCN(CC(O)COc2ccc(Cl)cc2)CC1. The number of halogens is 5. The Labute approximate surface area is 370 Å². The highest BCUT2D eigenvalue weighted by Crippen LogP contribution is 2.20. The maximum absolute atomic E-state index is 14.3. The predicted molar refractivity (Wildman–Crippen MR) is 234 cm³/mol. The van der Waals surface area contributed by atoms with Gasteiger partial charge >= 0.3 is 0 Å². The van der Waals surface area contributed by atoms with Crippen LogP contribution in [-0.4, -0.2) is 117 Å². The number of amides is 2. The molecule has 324 valence electrons. The minimum atomic E-state index is -1.08. The summed E-state index contributed by atoms with van der Waals surface area (Å²) >= 11 is 23.3. The van der Waals surface area contributed by atoms with E-state index in [4.69, 9.17) is 65.4 Å². The third-order valence-electron chi connectivity index (χ3n) is 9.70. The van der Waals surface area contributed by atoms with Gasteiger partial charge in [-0.1, -0.05) is 46.4 Å². The molecule has 0 spiro atoms. The van der Waals surface area contributed by atoms with E-state index in [0.29, 0.717) is 56.2 Å². The van der Waals surface area contributed by atoms with E-state index in [-0.39, 0.29) is 50.3 Å². The van der Waals surface area contributed by atoms with Crippen LogP contribution in [0.3, 0.4) is 0 Å². The molecule has 0 aliphatic carbocycles. The summed E-state index contributed by atoms with van der Waals surface area (Å²) in [6.45, 7) is 4.07. The highest BCUT2D eigenvalue weighted by molar-refractivity contribution is 6.31. The minimum Gasteiger partial charge on any atom is -0.491 e. The maximum atomic E-state index is 14.3. The van der Waals surface area contributed by atoms with Gasteiger partial charge in [0, 0.05) is 71.4 Å². The summed E-state index contributed by atoms with van der Waals surface area (Å²) in [6.07, 6.45) is 1.54. The van der Waals surface area contributed by atoms with Gasteiger partial charge in [0.25, 0.3) is 11.8 Å². The van der Waals surface area contributed by atoms with Crippen molar-refractivity contribution in [3.63, 3.8) is 0 Å². The minimum absolute atomic E-state index is 0.000331. The van der Waals surface area contributed by atoms with Crippen molar-refractivity contribution in [3.8, 4) is 23.0 Å². The van der Waals surface area contributed by atoms with Crippen LogP contribution in [0.1, 0.15) is 25.7 Å². The number of nitrogens with one attached hydrogen (secondary N) is 2. The zero-order chi connectivity index (χ0) is 42.7. The average molecular weight is 909 g/mol. The normalized spacial score (nSPS) is 16.1. The van der Waals surface area contributed by atoms with Gasteiger partial charge < -0.3 is 44.5 Å². The summed E-state index contributed by atoms with van der Waals surface area (Å²) in [6, 6.07) is 27.9. The summed E-state index contributed by atoms with van der Waals surface area (Å²) in [7, 11) is 0. The second-order valence-electron chi connectivity index (χ2n) is 14.6. The van der Waals surface area contributed by atoms with Gasteiger partial charge in [0.1, 0.15) is 48.5 Å². The van der Waals surface area contributed by atoms with E-state index < -0.39 is 12.3 Å². The fraction of sp³-hybridized carbons (Fsp3) is 0.409. The number of alkyl halides is 1. The van der Waals surface area contributed by atoms with Crippen molar-refractivity contribution in [2.24, 2.45) is 0 Å². The molecule has 2 amide bonds. The zero-order valence-corrected chi connectivity index (χ0v) is 36.2. The number of nitrogens with zero attached hydrogens (tertiary/aromatic N) is 2. The number of rotatable bonds is 18. The second-order valence-corrected chi connectivity index (χ2v) is 16.3. The molecule has 2 fully saturated rings. The fourth-order valence-corrected chi connectivity index (χ4v) is 7.05. The molecular weight excluding hydrogens is 857 g/mol. The lowest BCUT2D eigenvalue weighted by atomic mass is 10.0. The number of likely N-dealkylation sites (tertiary alicyclic amines) is 2. The molecular formula is C44H51Cl4FN4O7. The van der Waals surface area contributed by atoms with Crippen LogP contribution in [0.5, 0.6) is 23.0 Å². The van der Waals surface area contributed by atoms with Crippen molar-refractivity contribution in [2.45, 2.75) is 50.0 Å². The lowest BCUT2D eigenvalue weighted by Crippen LogP contribution is -2.48. The maximum Gasteiger partial charge on any atom is 0.258 e. The van der Waals surface area contributed by atoms with E-state index >= 15 is 0 Å². The quantitative estimate of drug-likeness (QED) is 0.0921. The second kappa shape index (κ2) is 25.1. The molecule has 11 nitrogen and oxygen atoms in total. The van der Waals surface area contributed by atoms with Crippen LogP contribution in [0.25, 0.3) is 0 Å². The number of benzene rings is 4. The monoisotopic (exact) mass is 906 g/mol. The molecule has 0 saturated carbocycles. The molecule has 0 aromatic heterocycles. The molecule has 0 bridgehead atoms. The van der Waals surface area contributed by atoms with Crippen LogP contribution in [0.4, 0.5) is 4.39 Å². The molecule has 0 radical (unpaired) electrons. The third kappa shape index (κ3) is 17.9. The molecule has 2 heterocycles. The van der Waals surface area contributed by atoms with E-state index in [1.165, 1.54) is 0 Å². The highest BCUT2D eigenvalue weighted by atomic mass is 35.5. The first-order valence-electron chi connectivity index (χ1n) is 19.8. The average Bonchev–Trinajstić information content (AvgIpc) is 3.24. The summed E-state index contributed by atoms with van der Waals surface area (Å²) in [4.78, 5) is 28.4. The van der Waals surface area contributed by atoms with Gasteiger partial charge in [-0.3, -0.25) is 9.59 Å². The molecule has 2 aliphatic rings. The summed E-state index contributed by atoms with van der Waals surface area (Å²) in [5, 5.41) is 18.7. The van der Waals surface area contributed by atoms with E-state index in [2.05, 4.69) is 20.4 Å². The lowest BCUT2D eigenvalue weighted by Gasteiger charge is -2.33. The van der Waals surface area contributed by atoms with E-state index in [0.717, 1.165) is 51.9 Å². The van der Waals surface area contributed by atoms with E-state index in [1.807, 2.05) is 0 Å². The van der Waals surface area contributed by atoms with Crippen molar-refractivity contribution in [2.75, 3.05) is 65.7 Å². The van der Waals surface area contributed by atoms with E-state index in [1.54, 1.807) is 97.1 Å². The Hall–Kier alpha value is -4.01. The number of aliphatic hydroxyl groups excluding tert-OH is 1. The Kier molecular flexibility index (Phi) is 19.6. The summed E-state index contributed by atoms with van der Waals surface area (Å²) in [5.74, 6) is 2.19. The zero-order valence-electron chi connectivity index (χ0n) is 33.1. The molecule has 60 heavy (non-hydrogen) atoms. The van der Waals surface area contributed by atoms with Gasteiger partial charge in [0.05, 0.1) is 0 Å². The van der Waals surface area contributed by atoms with Gasteiger partial charge in [-0.2, -0.15) is 0 Å². The number of carbonyl (C=O) groups is 2. The number of ether oxygens (including phenoxy) is 4. The number of hydrogen-bond acceptors (Lipinski definition) is 9. The first-order valence-corrected chi connectivity index (χ1v) is 21.4. The lowest BCUT2D eigenvalue weighted by molar-refractivity contribution is -0.124. The van der Waals surface area contributed by atoms with Gasteiger partial charge in [-0.15, -0.1) is 0 Å². The third-order valence-corrected chi connectivity index (χ3v) is 10.7. The molecule has 2 unspecified atom stereocenters. The van der Waals surface area contributed by atoms with Crippen molar-refractivity contribution >= 4 is 58.2 Å². The van der Waals surface area contributed by atoms with E-state index in [9.17, 15) is 19.1 Å². The van der Waals surface area contributed by atoms with Crippen molar-refractivity contribution < 1.29 is 38.0 Å². The Morgan fingerprint density at radius 2 is 0.867 bits per heavy atom. The number of carbonyl (C=O) groups excluding carboxylic acids is 2. The molecule has 4 aromatic rings. The smallest absolute Gasteiger partial charge is 0.258 e. The highest BCUT2D eigenvalue weighted by Gasteiger charge is 2.24. The van der Waals surface area contributed by atoms with Gasteiger partial charge in [0.15, 0.2) is 13.2 Å². The molecule has 2 aliphatic heterocycles. The van der Waals surface area contributed by atoms with Crippen LogP contribution in [0, 0.1) is 0 Å². The Balaban J connectivity index is 0.000000228. The van der Waals surface area contributed by atoms with Crippen molar-refractivity contribution in [3.05, 3.63) is 117 Å². The molecule has 2 atom stereocenters. The summed E-state index contributed by atoms with van der Waals surface area (Å²) in [5.41, 5.74) is 0. The van der Waals surface area contributed by atoms with Crippen LogP contribution >= 0.6 is 46.4 Å². The molecule has 4 aromatic carbocycles. The van der Waals surface area contributed by atoms with Crippen molar-refractivity contribution in [1.29, 1.82) is 0 Å². The van der Waals surface area contributed by atoms with Crippen LogP contribution in [0.15, 0.2) is 97.1 Å². The first-order chi connectivity index (χ1) is 28.9. The largest absolute Gasteiger partial charge is 0.491 e. The number of hydrogen-bond donors (Lipinski definition) is 3. The van der Waals surface area contributed by atoms with Crippen LogP contribution in [0.2, 0.25) is 20.1 Å². The molecule has 3 N–H and O–H groups in total. The topological polar surface area (TPSA) is 122 Å². The summed E-state index contributed by atoms with van der Waals surface area (Å²) < 4.78 is 36.3. The molecule has 2 saturated heterocycles. The van der Waals surface area contributed by atoms with Gasteiger partial charge in [-0.05, 0) is 123 Å². The first kappa shape index (κ1) is 47.0. The fourth-order valence-electron chi connectivity index (χ4n) is 6.54. The van der Waals surface area contributed by atoms with Crippen LogP contribution in [-0.2, 0) is 9.59 Å². The Morgan fingerprint density at radius 3 is 1.23 bits per heavy atom. The van der Waals surface area contributed by atoms with Crippen LogP contribution < -0.4 is 29.6 Å². The standard InChI is InChI=1S/C22H25Cl2FN2O3.C22H26Cl2N2O4/c23-16-1-5-20(6-2-16)29-14-18(25)13-27-11-9-19(10-12-27)26-22(28)15-30-21-7-3-17(24)4-8-21;23-16-1-5-20(6-2-16)29-14-19(27)13-26-11-9-18(10-12-26)25-22(28)15-30-21-7-3-17(24)4-8-21/h1-8,18-19H,9-15H2,(H,26,28);1-8,18-19,27H,9-15H2,(H,25,28). The number of piperidine rings is 2. The number of β-amino-alcohol motifs (C(OH)–C–C–N with tert-alkyl or cyclic N) is 1. The van der Waals surface area contributed by atoms with Crippen molar-refractivity contribution in [1.82, 2.24) is 20.4 Å². The predicted octanol–water partition coefficient (Wildman–Crippen LogP) is 7.76. The van der Waals surface area contributed by atoms with Gasteiger partial charge in [-0.25, -0.2) is 4.39 Å². The molecule has 6 rings (SSSR count). The molecule has 16 heteroatoms. The Bertz CT molecular complexity index is 1730. The number of aliphatic hydroxyl groups is 1. The van der Waals surface area contributed by atoms with Gasteiger partial charge in [0.2, 0.25) is 0 Å². The Morgan fingerprint density at radius 1 is 0.550 bits per heavy atom.